The average molecular weight is 489 g/mol. The molecule has 184 valence electrons. The SMILES string of the molecule is COc1cc(F)cc2c1nc(N)n1nc(CC[C@H]3CCn4c(cnc4C4(C(F)(F)F)CC4)C3)nc21. The maximum atomic E-state index is 14.1. The van der Waals surface area contributed by atoms with Gasteiger partial charge in [-0.3, -0.25) is 0 Å². The normalized spacial score (nSPS) is 19.3. The maximum Gasteiger partial charge on any atom is 0.401 e. The van der Waals surface area contributed by atoms with Crippen LogP contribution in [0.25, 0.3) is 16.6 Å². The number of nitrogens with two attached hydrogens (primary N) is 1. The molecule has 1 aliphatic carbocycles. The summed E-state index contributed by atoms with van der Waals surface area (Å²) in [6.07, 6.45) is 0.260. The predicted molar refractivity (Wildman–Crippen MR) is 119 cm³/mol. The van der Waals surface area contributed by atoms with Gasteiger partial charge in [0.1, 0.15) is 28.3 Å². The lowest BCUT2D eigenvalue weighted by molar-refractivity contribution is -0.163. The molecule has 1 aromatic carbocycles. The molecule has 2 aliphatic rings. The molecule has 0 amide bonds. The van der Waals surface area contributed by atoms with Crippen LogP contribution in [0.4, 0.5) is 23.5 Å². The van der Waals surface area contributed by atoms with E-state index >= 15 is 0 Å². The molecule has 0 spiro atoms. The molecule has 0 saturated heterocycles. The van der Waals surface area contributed by atoms with Gasteiger partial charge in [-0.05, 0) is 44.1 Å². The summed E-state index contributed by atoms with van der Waals surface area (Å²) in [4.78, 5) is 13.1. The number of nitrogen functional groups attached to an aromatic ring is 1. The van der Waals surface area contributed by atoms with Crippen molar-refractivity contribution in [2.24, 2.45) is 5.92 Å². The third kappa shape index (κ3) is 3.41. The van der Waals surface area contributed by atoms with Gasteiger partial charge in [-0.25, -0.2) is 19.3 Å². The van der Waals surface area contributed by atoms with E-state index in [-0.39, 0.29) is 36.3 Å². The molecule has 3 aromatic heterocycles. The van der Waals surface area contributed by atoms with Crippen LogP contribution in [0.3, 0.4) is 0 Å². The summed E-state index contributed by atoms with van der Waals surface area (Å²) in [5, 5.41) is 4.91. The Hall–Kier alpha value is -3.44. The van der Waals surface area contributed by atoms with Crippen LogP contribution < -0.4 is 10.5 Å². The quantitative estimate of drug-likeness (QED) is 0.426. The van der Waals surface area contributed by atoms with Gasteiger partial charge in [0.25, 0.3) is 0 Å². The Kier molecular flexibility index (Phi) is 4.74. The summed E-state index contributed by atoms with van der Waals surface area (Å²) >= 11 is 0. The van der Waals surface area contributed by atoms with Crippen molar-refractivity contribution in [3.8, 4) is 5.75 Å². The Bertz CT molecular complexity index is 1450. The number of hydrogen-bond acceptors (Lipinski definition) is 6. The maximum absolute atomic E-state index is 14.1. The van der Waals surface area contributed by atoms with Crippen LogP contribution in [0, 0.1) is 11.7 Å². The predicted octanol–water partition coefficient (Wildman–Crippen LogP) is 3.99. The average Bonchev–Trinajstić information content (AvgIpc) is 3.35. The number of benzene rings is 1. The zero-order valence-electron chi connectivity index (χ0n) is 18.9. The van der Waals surface area contributed by atoms with Crippen molar-refractivity contribution in [2.45, 2.75) is 56.7 Å². The summed E-state index contributed by atoms with van der Waals surface area (Å²) in [5.74, 6) is 0.869. The first kappa shape index (κ1) is 22.1. The number of halogens is 4. The molecule has 4 aromatic rings. The van der Waals surface area contributed by atoms with Gasteiger partial charge >= 0.3 is 6.18 Å². The molecule has 1 fully saturated rings. The van der Waals surface area contributed by atoms with E-state index in [1.54, 1.807) is 10.8 Å². The van der Waals surface area contributed by atoms with Crippen LogP contribution in [-0.4, -0.2) is 42.4 Å². The van der Waals surface area contributed by atoms with Crippen molar-refractivity contribution in [3.05, 3.63) is 41.5 Å². The fraction of sp³-hybridized carbons (Fsp3) is 0.478. The molecular weight excluding hydrogens is 466 g/mol. The largest absolute Gasteiger partial charge is 0.494 e. The van der Waals surface area contributed by atoms with Crippen LogP contribution in [0.15, 0.2) is 18.3 Å². The van der Waals surface area contributed by atoms with E-state index in [0.29, 0.717) is 41.8 Å². The first-order chi connectivity index (χ1) is 16.7. The molecule has 2 N–H and O–H groups in total. The third-order valence-corrected chi connectivity index (χ3v) is 7.29. The van der Waals surface area contributed by atoms with Crippen molar-refractivity contribution in [1.29, 1.82) is 0 Å². The molecule has 35 heavy (non-hydrogen) atoms. The summed E-state index contributed by atoms with van der Waals surface area (Å²) in [6, 6.07) is 2.56. The van der Waals surface area contributed by atoms with Gasteiger partial charge in [-0.2, -0.15) is 17.7 Å². The Morgan fingerprint density at radius 2 is 2.03 bits per heavy atom. The number of rotatable bonds is 5. The van der Waals surface area contributed by atoms with Gasteiger partial charge in [0.05, 0.1) is 12.5 Å². The van der Waals surface area contributed by atoms with Crippen molar-refractivity contribution >= 4 is 22.5 Å². The van der Waals surface area contributed by atoms with Crippen molar-refractivity contribution in [1.82, 2.24) is 29.1 Å². The summed E-state index contributed by atoms with van der Waals surface area (Å²) in [5.41, 5.74) is 5.95. The summed E-state index contributed by atoms with van der Waals surface area (Å²) in [6.45, 7) is 0.520. The number of fused-ring (bicyclic) bond motifs is 4. The number of aromatic nitrogens is 6. The monoisotopic (exact) mass is 489 g/mol. The van der Waals surface area contributed by atoms with Crippen molar-refractivity contribution in [2.75, 3.05) is 12.8 Å². The Morgan fingerprint density at radius 1 is 1.23 bits per heavy atom. The number of nitrogens with zero attached hydrogens (tertiary/aromatic N) is 6. The van der Waals surface area contributed by atoms with E-state index in [1.165, 1.54) is 23.8 Å². The highest BCUT2D eigenvalue weighted by molar-refractivity contribution is 5.95. The molecule has 12 heteroatoms. The lowest BCUT2D eigenvalue weighted by atomic mass is 9.91. The molecule has 6 rings (SSSR count). The van der Waals surface area contributed by atoms with Crippen LogP contribution in [-0.2, 0) is 24.8 Å². The zero-order chi connectivity index (χ0) is 24.5. The number of aryl methyl sites for hydroxylation is 1. The number of imidazole rings is 1. The lowest BCUT2D eigenvalue weighted by Crippen LogP contribution is -2.33. The van der Waals surface area contributed by atoms with Gasteiger partial charge < -0.3 is 15.0 Å². The van der Waals surface area contributed by atoms with Crippen molar-refractivity contribution < 1.29 is 22.3 Å². The Labute approximate surface area is 197 Å². The molecule has 1 saturated carbocycles. The van der Waals surface area contributed by atoms with Gasteiger partial charge in [-0.1, -0.05) is 0 Å². The highest BCUT2D eigenvalue weighted by atomic mass is 19.4. The molecule has 8 nitrogen and oxygen atoms in total. The Morgan fingerprint density at radius 3 is 2.74 bits per heavy atom. The summed E-state index contributed by atoms with van der Waals surface area (Å²) in [7, 11) is 1.43. The minimum absolute atomic E-state index is 0.110. The lowest BCUT2D eigenvalue weighted by Gasteiger charge is -2.27. The number of hydrogen-bond donors (Lipinski definition) is 1. The van der Waals surface area contributed by atoms with Gasteiger partial charge in [-0.15, -0.1) is 5.10 Å². The minimum atomic E-state index is -4.27. The minimum Gasteiger partial charge on any atom is -0.494 e. The molecule has 1 aliphatic heterocycles. The third-order valence-electron chi connectivity index (χ3n) is 7.29. The molecule has 0 radical (unpaired) electrons. The molecule has 4 heterocycles. The number of methoxy groups -OCH3 is 1. The van der Waals surface area contributed by atoms with E-state index in [1.807, 2.05) is 0 Å². The van der Waals surface area contributed by atoms with E-state index in [0.717, 1.165) is 18.5 Å². The zero-order valence-corrected chi connectivity index (χ0v) is 18.9. The van der Waals surface area contributed by atoms with Crippen LogP contribution in [0.2, 0.25) is 0 Å². The highest BCUT2D eigenvalue weighted by Gasteiger charge is 2.67. The van der Waals surface area contributed by atoms with Gasteiger partial charge in [0.15, 0.2) is 11.5 Å². The highest BCUT2D eigenvalue weighted by Crippen LogP contribution is 2.58. The standard InChI is InChI=1S/C23H23F4N7O/c1-35-16-10-13(24)9-15-18(16)31-21(28)34-19(15)30-17(32-34)3-2-12-4-7-33-14(8-12)11-29-20(33)22(5-6-22)23(25,26)27/h9-12H,2-8H2,1H3,(H2,28,31)/t12-/m0/s1. The van der Waals surface area contributed by atoms with Crippen LogP contribution in [0.5, 0.6) is 5.75 Å². The molecule has 0 bridgehead atoms. The topological polar surface area (TPSA) is 96.2 Å². The van der Waals surface area contributed by atoms with E-state index < -0.39 is 17.4 Å². The number of alkyl halides is 3. The van der Waals surface area contributed by atoms with E-state index in [9.17, 15) is 17.6 Å². The van der Waals surface area contributed by atoms with Gasteiger partial charge in [0.2, 0.25) is 5.95 Å². The van der Waals surface area contributed by atoms with E-state index in [4.69, 9.17) is 10.5 Å². The van der Waals surface area contributed by atoms with Gasteiger partial charge in [0, 0.05) is 30.9 Å². The van der Waals surface area contributed by atoms with Crippen LogP contribution >= 0.6 is 0 Å². The van der Waals surface area contributed by atoms with Crippen molar-refractivity contribution in [3.63, 3.8) is 0 Å². The Balaban J connectivity index is 1.22. The fourth-order valence-electron chi connectivity index (χ4n) is 5.23. The molecule has 0 unspecified atom stereocenters. The van der Waals surface area contributed by atoms with E-state index in [2.05, 4.69) is 20.1 Å². The fourth-order valence-corrected chi connectivity index (χ4v) is 5.23. The number of anilines is 1. The first-order valence-corrected chi connectivity index (χ1v) is 11.5. The number of ether oxygens (including phenoxy) is 1. The second kappa shape index (κ2) is 7.53. The first-order valence-electron chi connectivity index (χ1n) is 11.5. The molecule has 1 atom stereocenters. The second-order valence-corrected chi connectivity index (χ2v) is 9.44. The van der Waals surface area contributed by atoms with Crippen LogP contribution in [0.1, 0.15) is 43.0 Å². The molecular formula is C23H23F4N7O. The smallest absolute Gasteiger partial charge is 0.401 e. The summed E-state index contributed by atoms with van der Waals surface area (Å²) < 4.78 is 63.2. The second-order valence-electron chi connectivity index (χ2n) is 9.44.